The summed E-state index contributed by atoms with van der Waals surface area (Å²) in [7, 11) is -3.56. The molecular weight excluding hydrogens is 376 g/mol. The molecule has 1 aromatic rings. The molecule has 2 saturated heterocycles. The molecule has 3 rings (SSSR count). The molecule has 0 saturated carbocycles. The van der Waals surface area contributed by atoms with Gasteiger partial charge in [0, 0.05) is 24.9 Å². The molecule has 2 unspecified atom stereocenters. The van der Waals surface area contributed by atoms with E-state index in [0.717, 1.165) is 44.5 Å². The minimum absolute atomic E-state index is 0.00114. The van der Waals surface area contributed by atoms with E-state index in [1.54, 1.807) is 17.5 Å². The van der Waals surface area contributed by atoms with Gasteiger partial charge in [-0.05, 0) is 42.9 Å². The first kappa shape index (κ1) is 19.2. The van der Waals surface area contributed by atoms with Gasteiger partial charge in [0.2, 0.25) is 5.91 Å². The molecule has 5 nitrogen and oxygen atoms in total. The van der Waals surface area contributed by atoms with E-state index >= 15 is 0 Å². The number of carbonyl (C=O) groups is 1. The van der Waals surface area contributed by atoms with Crippen LogP contribution < -0.4 is 0 Å². The Kier molecular flexibility index (Phi) is 6.46. The van der Waals surface area contributed by atoms with Crippen LogP contribution in [-0.4, -0.2) is 60.2 Å². The Morgan fingerprint density at radius 2 is 2.12 bits per heavy atom. The highest BCUT2D eigenvalue weighted by Gasteiger charge is 2.42. The van der Waals surface area contributed by atoms with Crippen molar-refractivity contribution in [1.29, 1.82) is 0 Å². The van der Waals surface area contributed by atoms with Crippen molar-refractivity contribution in [1.82, 2.24) is 9.21 Å². The summed E-state index contributed by atoms with van der Waals surface area (Å²) in [6.45, 7) is 4.09. The summed E-state index contributed by atoms with van der Waals surface area (Å²) in [6, 6.07) is 2.84. The van der Waals surface area contributed by atoms with E-state index in [1.165, 1.54) is 15.6 Å². The molecule has 1 amide bonds. The molecule has 2 aliphatic rings. The van der Waals surface area contributed by atoms with Gasteiger partial charge in [-0.3, -0.25) is 4.79 Å². The zero-order valence-electron chi connectivity index (χ0n) is 14.6. The number of likely N-dealkylation sites (tertiary alicyclic amines) is 1. The highest BCUT2D eigenvalue weighted by molar-refractivity contribution is 7.99. The van der Waals surface area contributed by atoms with Crippen LogP contribution in [0.2, 0.25) is 0 Å². The molecule has 140 valence electrons. The van der Waals surface area contributed by atoms with Crippen molar-refractivity contribution in [3.63, 3.8) is 0 Å². The van der Waals surface area contributed by atoms with Gasteiger partial charge in [-0.15, -0.1) is 11.3 Å². The maximum Gasteiger partial charge on any atom is 0.253 e. The first-order valence-electron chi connectivity index (χ1n) is 8.99. The molecule has 8 heteroatoms. The SMILES string of the molecule is CCSC1CCCCN(C(=O)C2CCCN2S(=O)(=O)c2cccs2)C1. The van der Waals surface area contributed by atoms with Gasteiger partial charge >= 0.3 is 0 Å². The zero-order valence-corrected chi connectivity index (χ0v) is 17.0. The Morgan fingerprint density at radius 1 is 1.28 bits per heavy atom. The quantitative estimate of drug-likeness (QED) is 0.760. The average molecular weight is 403 g/mol. The lowest BCUT2D eigenvalue weighted by Crippen LogP contribution is -2.49. The monoisotopic (exact) mass is 402 g/mol. The highest BCUT2D eigenvalue weighted by atomic mass is 32.2. The van der Waals surface area contributed by atoms with Crippen molar-refractivity contribution in [3.8, 4) is 0 Å². The number of amides is 1. The van der Waals surface area contributed by atoms with Crippen LogP contribution in [0.5, 0.6) is 0 Å². The summed E-state index contributed by atoms with van der Waals surface area (Å²) < 4.78 is 27.6. The number of thioether (sulfide) groups is 1. The second-order valence-corrected chi connectivity index (χ2v) is 11.2. The van der Waals surface area contributed by atoms with Gasteiger partial charge < -0.3 is 4.90 Å². The summed E-state index contributed by atoms with van der Waals surface area (Å²) in [5.74, 6) is 1.05. The highest BCUT2D eigenvalue weighted by Crippen LogP contribution is 2.30. The fourth-order valence-corrected chi connectivity index (χ4v) is 7.55. The summed E-state index contributed by atoms with van der Waals surface area (Å²) >= 11 is 3.13. The number of hydrogen-bond donors (Lipinski definition) is 0. The molecule has 2 atom stereocenters. The summed E-state index contributed by atoms with van der Waals surface area (Å²) in [5, 5.41) is 2.24. The zero-order chi connectivity index (χ0) is 17.9. The predicted molar refractivity (Wildman–Crippen MR) is 104 cm³/mol. The van der Waals surface area contributed by atoms with Crippen LogP contribution in [0.3, 0.4) is 0 Å². The van der Waals surface area contributed by atoms with Crippen molar-refractivity contribution in [2.45, 2.75) is 54.5 Å². The maximum absolute atomic E-state index is 13.1. The third kappa shape index (κ3) is 4.23. The molecule has 0 bridgehead atoms. The Bertz CT molecular complexity index is 675. The molecular formula is C17H26N2O3S3. The second-order valence-electron chi connectivity index (χ2n) is 6.56. The van der Waals surface area contributed by atoms with Gasteiger partial charge in [-0.2, -0.15) is 16.1 Å². The Balaban J connectivity index is 1.76. The van der Waals surface area contributed by atoms with E-state index in [1.807, 2.05) is 16.7 Å². The third-order valence-electron chi connectivity index (χ3n) is 4.89. The van der Waals surface area contributed by atoms with E-state index in [4.69, 9.17) is 0 Å². The number of nitrogens with zero attached hydrogens (tertiary/aromatic N) is 2. The topological polar surface area (TPSA) is 57.7 Å². The fraction of sp³-hybridized carbons (Fsp3) is 0.706. The number of sulfonamides is 1. The molecule has 0 aliphatic carbocycles. The summed E-state index contributed by atoms with van der Waals surface area (Å²) in [5.41, 5.74) is 0. The smallest absolute Gasteiger partial charge is 0.253 e. The van der Waals surface area contributed by atoms with Crippen LogP contribution in [-0.2, 0) is 14.8 Å². The molecule has 25 heavy (non-hydrogen) atoms. The Hall–Kier alpha value is -0.570. The lowest BCUT2D eigenvalue weighted by Gasteiger charge is -2.30. The lowest BCUT2D eigenvalue weighted by molar-refractivity contribution is -0.134. The van der Waals surface area contributed by atoms with Crippen molar-refractivity contribution < 1.29 is 13.2 Å². The Morgan fingerprint density at radius 3 is 2.84 bits per heavy atom. The number of hydrogen-bond acceptors (Lipinski definition) is 5. The number of thiophene rings is 1. The largest absolute Gasteiger partial charge is 0.340 e. The number of rotatable bonds is 5. The van der Waals surface area contributed by atoms with Gasteiger partial charge in [-0.25, -0.2) is 8.42 Å². The van der Waals surface area contributed by atoms with Crippen LogP contribution >= 0.6 is 23.1 Å². The van der Waals surface area contributed by atoms with Crippen LogP contribution in [0, 0.1) is 0 Å². The first-order chi connectivity index (χ1) is 12.0. The Labute approximate surface area is 158 Å². The average Bonchev–Trinajstić information content (AvgIpc) is 3.24. The first-order valence-corrected chi connectivity index (χ1v) is 12.4. The van der Waals surface area contributed by atoms with Gasteiger partial charge in [0.25, 0.3) is 10.0 Å². The van der Waals surface area contributed by atoms with E-state index in [-0.39, 0.29) is 5.91 Å². The number of carbonyl (C=O) groups excluding carboxylic acids is 1. The summed E-state index contributed by atoms with van der Waals surface area (Å²) in [4.78, 5) is 15.1. The van der Waals surface area contributed by atoms with Gasteiger partial charge in [0.1, 0.15) is 10.3 Å². The second kappa shape index (κ2) is 8.41. The molecule has 3 heterocycles. The molecule has 0 radical (unpaired) electrons. The molecule has 0 aromatic carbocycles. The van der Waals surface area contributed by atoms with Crippen LogP contribution in [0.4, 0.5) is 0 Å². The van der Waals surface area contributed by atoms with Crippen LogP contribution in [0.15, 0.2) is 21.7 Å². The fourth-order valence-electron chi connectivity index (χ4n) is 3.69. The van der Waals surface area contributed by atoms with Gasteiger partial charge in [0.05, 0.1) is 0 Å². The van der Waals surface area contributed by atoms with Crippen molar-refractivity contribution in [3.05, 3.63) is 17.5 Å². The van der Waals surface area contributed by atoms with Crippen molar-refractivity contribution in [2.75, 3.05) is 25.4 Å². The van der Waals surface area contributed by atoms with Crippen molar-refractivity contribution in [2.24, 2.45) is 0 Å². The standard InChI is InChI=1S/C17H26N2O3S3/c1-2-23-14-7-3-4-10-18(13-14)17(20)15-8-5-11-19(15)25(21,22)16-9-6-12-24-16/h6,9,12,14-15H,2-5,7-8,10-11,13H2,1H3. The van der Waals surface area contributed by atoms with Crippen LogP contribution in [0.1, 0.15) is 39.0 Å². The lowest BCUT2D eigenvalue weighted by atomic mass is 10.2. The molecule has 1 aromatic heterocycles. The van der Waals surface area contributed by atoms with E-state index in [2.05, 4.69) is 6.92 Å². The van der Waals surface area contributed by atoms with Gasteiger partial charge in [-0.1, -0.05) is 19.4 Å². The van der Waals surface area contributed by atoms with Crippen molar-refractivity contribution >= 4 is 39.0 Å². The van der Waals surface area contributed by atoms with Gasteiger partial charge in [0.15, 0.2) is 0 Å². The summed E-state index contributed by atoms with van der Waals surface area (Å²) in [6.07, 6.45) is 4.68. The molecule has 0 N–H and O–H groups in total. The normalized spacial score (nSPS) is 25.9. The molecule has 2 aliphatic heterocycles. The molecule has 2 fully saturated rings. The van der Waals surface area contributed by atoms with E-state index in [9.17, 15) is 13.2 Å². The minimum atomic E-state index is -3.56. The predicted octanol–water partition coefficient (Wildman–Crippen LogP) is 3.04. The molecule has 0 spiro atoms. The van der Waals surface area contributed by atoms with E-state index < -0.39 is 16.1 Å². The third-order valence-corrected chi connectivity index (χ3v) is 9.36. The van der Waals surface area contributed by atoms with Crippen LogP contribution in [0.25, 0.3) is 0 Å². The van der Waals surface area contributed by atoms with E-state index in [0.29, 0.717) is 22.4 Å². The maximum atomic E-state index is 13.1. The minimum Gasteiger partial charge on any atom is -0.340 e.